The summed E-state index contributed by atoms with van der Waals surface area (Å²) in [5.41, 5.74) is 13.9. The molecule has 1 fully saturated rings. The number of carbonyl (C=O) groups is 1. The van der Waals surface area contributed by atoms with E-state index < -0.39 is 11.7 Å². The predicted octanol–water partition coefficient (Wildman–Crippen LogP) is 4.21. The highest BCUT2D eigenvalue weighted by Crippen LogP contribution is 2.32. The van der Waals surface area contributed by atoms with E-state index in [2.05, 4.69) is 20.6 Å². The van der Waals surface area contributed by atoms with Crippen LogP contribution < -0.4 is 26.8 Å². The van der Waals surface area contributed by atoms with Crippen LogP contribution in [0.1, 0.15) is 43.0 Å². The molecule has 6 N–H and O–H groups in total. The van der Waals surface area contributed by atoms with Gasteiger partial charge >= 0.3 is 0 Å². The van der Waals surface area contributed by atoms with E-state index in [4.69, 9.17) is 16.2 Å². The monoisotopic (exact) mass is 464 g/mol. The quantitative estimate of drug-likeness (QED) is 0.393. The van der Waals surface area contributed by atoms with Crippen molar-refractivity contribution in [1.82, 2.24) is 9.97 Å². The Kier molecular flexibility index (Phi) is 7.22. The second-order valence-electron chi connectivity index (χ2n) is 8.29. The molecule has 178 valence electrons. The minimum Gasteiger partial charge on any atom is -0.493 e. The summed E-state index contributed by atoms with van der Waals surface area (Å²) in [6.07, 6.45) is 7.07. The van der Waals surface area contributed by atoms with Crippen LogP contribution in [0.3, 0.4) is 0 Å². The Morgan fingerprint density at radius 1 is 1.18 bits per heavy atom. The molecule has 2 heterocycles. The Morgan fingerprint density at radius 3 is 2.74 bits per heavy atom. The van der Waals surface area contributed by atoms with Gasteiger partial charge in [-0.05, 0) is 38.0 Å². The Bertz CT molecular complexity index is 1170. The van der Waals surface area contributed by atoms with Crippen molar-refractivity contribution >= 4 is 23.2 Å². The van der Waals surface area contributed by atoms with Crippen LogP contribution in [0.25, 0.3) is 11.1 Å². The third-order valence-electron chi connectivity index (χ3n) is 5.88. The molecule has 1 saturated carbocycles. The number of nitrogens with two attached hydrogens (primary N) is 2. The van der Waals surface area contributed by atoms with Crippen molar-refractivity contribution in [3.63, 3.8) is 0 Å². The van der Waals surface area contributed by atoms with E-state index in [1.54, 1.807) is 12.4 Å². The first-order chi connectivity index (χ1) is 16.5. The van der Waals surface area contributed by atoms with Crippen LogP contribution in [-0.2, 0) is 0 Å². The van der Waals surface area contributed by atoms with E-state index in [0.717, 1.165) is 48.6 Å². The average molecular weight is 465 g/mol. The molecule has 3 aromatic rings. The van der Waals surface area contributed by atoms with Gasteiger partial charge in [0.05, 0.1) is 24.1 Å². The molecule has 0 spiro atoms. The average Bonchev–Trinajstić information content (AvgIpc) is 2.83. The minimum atomic E-state index is -0.791. The Morgan fingerprint density at radius 2 is 1.97 bits per heavy atom. The molecule has 34 heavy (non-hydrogen) atoms. The highest BCUT2D eigenvalue weighted by Gasteiger charge is 2.24. The molecular weight excluding hydrogens is 435 g/mol. The molecule has 0 aliphatic heterocycles. The van der Waals surface area contributed by atoms with E-state index >= 15 is 0 Å². The predicted molar refractivity (Wildman–Crippen MR) is 131 cm³/mol. The molecule has 0 radical (unpaired) electrons. The Hall–Kier alpha value is -3.72. The maximum atomic E-state index is 14.8. The fraction of sp³-hybridized carbons (Fsp3) is 0.320. The van der Waals surface area contributed by atoms with Gasteiger partial charge in [-0.25, -0.2) is 9.37 Å². The molecule has 8 nitrogen and oxygen atoms in total. The van der Waals surface area contributed by atoms with Crippen LogP contribution in [-0.4, -0.2) is 34.6 Å². The van der Waals surface area contributed by atoms with Gasteiger partial charge in [-0.2, -0.15) is 0 Å². The number of anilines is 3. The third-order valence-corrected chi connectivity index (χ3v) is 5.88. The number of hydrogen-bond acceptors (Lipinski definition) is 7. The molecule has 1 aromatic carbocycles. The number of benzene rings is 1. The lowest BCUT2D eigenvalue weighted by atomic mass is 9.91. The van der Waals surface area contributed by atoms with Crippen molar-refractivity contribution in [3.8, 4) is 16.9 Å². The number of para-hydroxylation sites is 1. The zero-order chi connectivity index (χ0) is 24.1. The van der Waals surface area contributed by atoms with E-state index in [-0.39, 0.29) is 29.3 Å². The van der Waals surface area contributed by atoms with Crippen molar-refractivity contribution < 1.29 is 13.9 Å². The molecular formula is C25H29FN6O2. The van der Waals surface area contributed by atoms with Gasteiger partial charge in [0.15, 0.2) is 11.6 Å². The lowest BCUT2D eigenvalue weighted by Gasteiger charge is -2.30. The van der Waals surface area contributed by atoms with E-state index in [0.29, 0.717) is 12.3 Å². The summed E-state index contributed by atoms with van der Waals surface area (Å²) in [6, 6.07) is 10.4. The molecule has 9 heteroatoms. The summed E-state index contributed by atoms with van der Waals surface area (Å²) < 4.78 is 20.5. The summed E-state index contributed by atoms with van der Waals surface area (Å²) in [5.74, 6) is -0.550. The van der Waals surface area contributed by atoms with Crippen molar-refractivity contribution in [2.45, 2.75) is 44.7 Å². The zero-order valence-corrected chi connectivity index (χ0v) is 19.1. The SMILES string of the molecule is CCOc1ccccc1-c1cncc(Nc2nc(NC3CCCCC3N)c(F)cc2C(N)=O)c1. The van der Waals surface area contributed by atoms with Gasteiger partial charge in [0.25, 0.3) is 5.91 Å². The number of pyridine rings is 2. The highest BCUT2D eigenvalue weighted by molar-refractivity contribution is 5.98. The van der Waals surface area contributed by atoms with Gasteiger partial charge in [0.2, 0.25) is 0 Å². The summed E-state index contributed by atoms with van der Waals surface area (Å²) in [6.45, 7) is 2.45. The zero-order valence-electron chi connectivity index (χ0n) is 19.1. The number of halogens is 1. The standard InChI is InChI=1S/C25H29FN6O2/c1-2-34-22-10-6-3-7-17(22)15-11-16(14-29-13-15)30-24-18(23(28)33)12-19(26)25(32-24)31-21-9-5-4-8-20(21)27/h3,6-7,10-14,20-21H,2,4-5,8-9,27H2,1H3,(H2,28,33)(H2,30,31,32). The van der Waals surface area contributed by atoms with Crippen LogP contribution in [0.4, 0.5) is 21.7 Å². The van der Waals surface area contributed by atoms with Gasteiger partial charge in [0.1, 0.15) is 11.6 Å². The number of ether oxygens (including phenoxy) is 1. The van der Waals surface area contributed by atoms with Gasteiger partial charge in [-0.1, -0.05) is 31.0 Å². The first-order valence-corrected chi connectivity index (χ1v) is 11.4. The fourth-order valence-electron chi connectivity index (χ4n) is 4.17. The number of carbonyl (C=O) groups excluding carboxylic acids is 1. The molecule has 2 aromatic heterocycles. The van der Waals surface area contributed by atoms with Crippen molar-refractivity contribution in [3.05, 3.63) is 60.2 Å². The Balaban J connectivity index is 1.65. The summed E-state index contributed by atoms with van der Waals surface area (Å²) in [5, 5.41) is 6.19. The summed E-state index contributed by atoms with van der Waals surface area (Å²) in [7, 11) is 0. The van der Waals surface area contributed by atoms with Crippen molar-refractivity contribution in [2.75, 3.05) is 17.2 Å². The van der Waals surface area contributed by atoms with E-state index in [9.17, 15) is 9.18 Å². The van der Waals surface area contributed by atoms with E-state index in [1.165, 1.54) is 0 Å². The summed E-state index contributed by atoms with van der Waals surface area (Å²) >= 11 is 0. The Labute approximate surface area is 197 Å². The number of aromatic nitrogens is 2. The summed E-state index contributed by atoms with van der Waals surface area (Å²) in [4.78, 5) is 20.7. The number of nitrogens with one attached hydrogen (secondary N) is 2. The first-order valence-electron chi connectivity index (χ1n) is 11.4. The second-order valence-corrected chi connectivity index (χ2v) is 8.29. The number of hydrogen-bond donors (Lipinski definition) is 4. The normalized spacial score (nSPS) is 17.7. The maximum absolute atomic E-state index is 14.8. The molecule has 0 saturated heterocycles. The molecule has 4 rings (SSSR count). The van der Waals surface area contributed by atoms with Gasteiger partial charge in [-0.15, -0.1) is 0 Å². The smallest absolute Gasteiger partial charge is 0.252 e. The van der Waals surface area contributed by atoms with Crippen molar-refractivity contribution in [2.24, 2.45) is 11.5 Å². The van der Waals surface area contributed by atoms with Crippen LogP contribution in [0.2, 0.25) is 0 Å². The molecule has 2 unspecified atom stereocenters. The molecule has 2 atom stereocenters. The van der Waals surface area contributed by atoms with Gasteiger partial charge in [0, 0.05) is 29.4 Å². The topological polar surface area (TPSA) is 128 Å². The van der Waals surface area contributed by atoms with Crippen LogP contribution in [0.15, 0.2) is 48.8 Å². The number of amides is 1. The number of primary amides is 1. The molecule has 1 aliphatic carbocycles. The van der Waals surface area contributed by atoms with E-state index in [1.807, 2.05) is 37.3 Å². The molecule has 1 amide bonds. The second kappa shape index (κ2) is 10.5. The largest absolute Gasteiger partial charge is 0.493 e. The molecule has 0 bridgehead atoms. The van der Waals surface area contributed by atoms with Crippen LogP contribution in [0, 0.1) is 5.82 Å². The lowest BCUT2D eigenvalue weighted by molar-refractivity contribution is 0.100. The lowest BCUT2D eigenvalue weighted by Crippen LogP contribution is -2.43. The third kappa shape index (κ3) is 5.26. The van der Waals surface area contributed by atoms with Crippen molar-refractivity contribution in [1.29, 1.82) is 0 Å². The number of nitrogens with zero attached hydrogens (tertiary/aromatic N) is 2. The molecule has 1 aliphatic rings. The minimum absolute atomic E-state index is 0.0284. The van der Waals surface area contributed by atoms with Crippen LogP contribution in [0.5, 0.6) is 5.75 Å². The highest BCUT2D eigenvalue weighted by atomic mass is 19.1. The fourth-order valence-corrected chi connectivity index (χ4v) is 4.17. The number of rotatable bonds is 8. The van der Waals surface area contributed by atoms with Gasteiger partial charge < -0.3 is 26.8 Å². The first kappa shape index (κ1) is 23.4. The van der Waals surface area contributed by atoms with Gasteiger partial charge in [-0.3, -0.25) is 9.78 Å². The van der Waals surface area contributed by atoms with Crippen LogP contribution >= 0.6 is 0 Å². The maximum Gasteiger partial charge on any atom is 0.252 e.